The molecule has 3 aromatic carbocycles. The Bertz CT molecular complexity index is 2750. The summed E-state index contributed by atoms with van der Waals surface area (Å²) in [5, 5.41) is -1.02. The summed E-state index contributed by atoms with van der Waals surface area (Å²) in [6, 6.07) is -14.4. The van der Waals surface area contributed by atoms with Crippen molar-refractivity contribution in [3.05, 3.63) is 116 Å². The predicted molar refractivity (Wildman–Crippen MR) is 181 cm³/mol. The Morgan fingerprint density at radius 3 is 2.31 bits per heavy atom. The minimum Gasteiger partial charge on any atom is -0.336 e. The molecule has 0 saturated heterocycles. The Balaban J connectivity index is 1.80. The number of rotatable bonds is 13. The molecule has 0 aliphatic heterocycles. The van der Waals surface area contributed by atoms with E-state index in [0.717, 1.165) is 20.8 Å². The molecule has 1 heterocycles. The summed E-state index contributed by atoms with van der Waals surface area (Å²) < 4.78 is 238. The fraction of sp³-hybridized carbons (Fsp3) is 0.378. The first-order chi connectivity index (χ1) is 31.2. The van der Waals surface area contributed by atoms with Gasteiger partial charge in [0.1, 0.15) is 12.3 Å². The van der Waals surface area contributed by atoms with Crippen LogP contribution in [0.5, 0.6) is 0 Å². The van der Waals surface area contributed by atoms with Crippen molar-refractivity contribution >= 4 is 17.7 Å². The van der Waals surface area contributed by atoms with Crippen LogP contribution >= 0.6 is 11.8 Å². The van der Waals surface area contributed by atoms with Crippen LogP contribution in [0.15, 0.2) is 76.4 Å². The average Bonchev–Trinajstić information content (AvgIpc) is 3.69. The fourth-order valence-electron chi connectivity index (χ4n) is 4.59. The van der Waals surface area contributed by atoms with Crippen LogP contribution in [0.4, 0.5) is 17.6 Å². The van der Waals surface area contributed by atoms with Crippen LogP contribution in [0.25, 0.3) is 11.1 Å². The molecule has 11 heteroatoms. The van der Waals surface area contributed by atoms with Gasteiger partial charge in [-0.1, -0.05) is 73.9 Å². The lowest BCUT2D eigenvalue weighted by Gasteiger charge is -2.28. The number of benzene rings is 3. The van der Waals surface area contributed by atoms with Crippen LogP contribution in [0.3, 0.4) is 0 Å². The number of hydrogen-bond acceptors (Lipinski definition) is 5. The van der Waals surface area contributed by atoms with Crippen molar-refractivity contribution in [2.24, 2.45) is 0 Å². The zero-order valence-electron chi connectivity index (χ0n) is 46.6. The second-order valence-corrected chi connectivity index (χ2v) is 10.8. The number of thioether (sulfide) groups is 1. The third-order valence-corrected chi connectivity index (χ3v) is 7.65. The largest absolute Gasteiger partial charge is 0.416 e. The SMILES string of the molecule is [2H]c1c([2H])c(C([2H])([2H])Sc2nc(=O)c3c(n2C([2H])([2H])C(=O)N(CCN(C([2H])([2H])C)C([2H])([2H])C)C([2H])([2H])c2c([2H])c([2H])c(-c4c([2H])c([2H])c(C(F)(F)F)c(C)c4[2H])c([2H])c2[2H])CCC3)c([2H])c([2H])c1F. The Hall–Kier alpha value is -3.96. The van der Waals surface area contributed by atoms with Gasteiger partial charge in [-0.15, -0.1) is 0 Å². The van der Waals surface area contributed by atoms with E-state index in [-0.39, 0.29) is 47.2 Å². The predicted octanol–water partition coefficient (Wildman–Crippen LogP) is 7.53. The topological polar surface area (TPSA) is 58.4 Å². The Morgan fingerprint density at radius 2 is 1.65 bits per heavy atom. The molecule has 0 spiro atoms. The molecule has 0 saturated carbocycles. The van der Waals surface area contributed by atoms with Crippen molar-refractivity contribution < 1.29 is 51.1 Å². The highest BCUT2D eigenvalue weighted by Gasteiger charge is 2.32. The second-order valence-electron chi connectivity index (χ2n) is 9.98. The molecule has 0 unspecified atom stereocenters. The van der Waals surface area contributed by atoms with E-state index in [1.165, 1.54) is 0 Å². The monoisotopic (exact) mass is 701 g/mol. The highest BCUT2D eigenvalue weighted by Crippen LogP contribution is 2.34. The smallest absolute Gasteiger partial charge is 0.336 e. The minimum atomic E-state index is -5.25. The van der Waals surface area contributed by atoms with Gasteiger partial charge in [0.05, 0.1) is 26.1 Å². The van der Waals surface area contributed by atoms with Crippen LogP contribution in [0.1, 0.15) is 82.6 Å². The molecule has 0 N–H and O–H groups in total. The lowest BCUT2D eigenvalue weighted by atomic mass is 9.98. The summed E-state index contributed by atoms with van der Waals surface area (Å²) in [7, 11) is 0. The van der Waals surface area contributed by atoms with Crippen molar-refractivity contribution in [1.29, 1.82) is 0 Å². The number of hydrogen-bond donors (Lipinski definition) is 0. The van der Waals surface area contributed by atoms with Crippen LogP contribution in [0.2, 0.25) is 0 Å². The van der Waals surface area contributed by atoms with Gasteiger partial charge in [-0.25, -0.2) is 4.39 Å². The van der Waals surface area contributed by atoms with Crippen LogP contribution in [-0.4, -0.2) is 51.3 Å². The summed E-state index contributed by atoms with van der Waals surface area (Å²) >= 11 is -0.215. The Labute approximate surface area is 312 Å². The van der Waals surface area contributed by atoms with Crippen molar-refractivity contribution in [1.82, 2.24) is 19.4 Å². The number of likely N-dealkylation sites (N-methyl/N-ethyl adjacent to an activating group) is 1. The molecule has 0 atom stereocenters. The average molecular weight is 702 g/mol. The van der Waals surface area contributed by atoms with Gasteiger partial charge in [-0.3, -0.25) is 9.59 Å². The van der Waals surface area contributed by atoms with Crippen molar-refractivity contribution in [3.63, 3.8) is 0 Å². The minimum absolute atomic E-state index is 0.0530. The van der Waals surface area contributed by atoms with Crippen LogP contribution in [0, 0.1) is 12.7 Å². The van der Waals surface area contributed by atoms with Gasteiger partial charge in [-0.05, 0) is 85.1 Å². The van der Waals surface area contributed by atoms with E-state index in [2.05, 4.69) is 4.98 Å². The molecule has 0 bridgehead atoms. The maximum atomic E-state index is 15.1. The van der Waals surface area contributed by atoms with Gasteiger partial charge in [0.15, 0.2) is 5.16 Å². The van der Waals surface area contributed by atoms with E-state index in [1.807, 2.05) is 0 Å². The number of amides is 1. The maximum absolute atomic E-state index is 15.1. The molecule has 48 heavy (non-hydrogen) atoms. The van der Waals surface area contributed by atoms with Gasteiger partial charge >= 0.3 is 6.18 Å². The Kier molecular flexibility index (Phi) is 5.53. The summed E-state index contributed by atoms with van der Waals surface area (Å²) in [5.41, 5.74) is -11.9. The summed E-state index contributed by atoms with van der Waals surface area (Å²) in [6.45, 7) is -12.6. The highest BCUT2D eigenvalue weighted by atomic mass is 32.2. The summed E-state index contributed by atoms with van der Waals surface area (Å²) in [5.74, 6) is -3.69. The van der Waals surface area contributed by atoms with E-state index in [9.17, 15) is 27.8 Å². The molecule has 0 radical (unpaired) electrons. The van der Waals surface area contributed by atoms with Crippen LogP contribution < -0.4 is 5.56 Å². The molecule has 6 nitrogen and oxygen atoms in total. The standard InChI is InChI=1S/C37H40F4N4O2S/c1-4-43(5-2)19-20-44(22-26-9-13-28(14-10-26)29-15-18-32(25(3)21-29)37(39,40)41)34(46)23-45-33-8-6-7-31(33)35(47)42-36(45)48-24-27-11-16-30(38)17-12-27/h9-18,21H,4-8,19-20,22-24H2,1-3H3/i4D2,5D2,9D,10D,11D,12D,13D,14D,15D,16D,17D,18D,21D,22D2,23D2,24D2. The number of carbonyl (C=O) groups excluding carboxylic acids is 1. The molecular formula is C37H40F4N4O2S. The molecule has 1 aromatic heterocycles. The third-order valence-electron chi connectivity index (χ3n) is 6.89. The Morgan fingerprint density at radius 1 is 0.979 bits per heavy atom. The van der Waals surface area contributed by atoms with E-state index < -0.39 is 173 Å². The van der Waals surface area contributed by atoms with Gasteiger partial charge in [0.2, 0.25) is 5.91 Å². The van der Waals surface area contributed by atoms with E-state index in [1.54, 1.807) is 0 Å². The zero-order chi connectivity index (χ0) is 53.0. The first-order valence-corrected chi connectivity index (χ1v) is 15.0. The summed E-state index contributed by atoms with van der Waals surface area (Å²) in [4.78, 5) is 32.7. The lowest BCUT2D eigenvalue weighted by molar-refractivity contribution is -0.138. The number of nitrogens with zero attached hydrogens (tertiary/aromatic N) is 4. The highest BCUT2D eigenvalue weighted by molar-refractivity contribution is 7.98. The zero-order valence-corrected chi connectivity index (χ0v) is 26.4. The molecule has 4 aromatic rings. The third kappa shape index (κ3) is 8.54. The van der Waals surface area contributed by atoms with Crippen LogP contribution in [-0.2, 0) is 42.5 Å². The van der Waals surface area contributed by atoms with Crippen molar-refractivity contribution in [2.75, 3.05) is 26.1 Å². The molecule has 5 rings (SSSR count). The molecule has 1 aliphatic carbocycles. The normalized spacial score (nSPS) is 20.6. The summed E-state index contributed by atoms with van der Waals surface area (Å²) in [6.07, 6.45) is -5.44. The molecular weight excluding hydrogens is 640 g/mol. The van der Waals surface area contributed by atoms with Gasteiger partial charge in [0, 0.05) is 44.8 Å². The van der Waals surface area contributed by atoms with Gasteiger partial charge < -0.3 is 14.4 Å². The number of fused-ring (bicyclic) bond motifs is 1. The fourth-order valence-corrected chi connectivity index (χ4v) is 5.26. The number of alkyl halides is 3. The first-order valence-electron chi connectivity index (χ1n) is 24.7. The maximum Gasteiger partial charge on any atom is 0.416 e. The van der Waals surface area contributed by atoms with E-state index in [4.69, 9.17) is 23.3 Å². The second kappa shape index (κ2) is 15.5. The lowest BCUT2D eigenvalue weighted by Crippen LogP contribution is -2.40. The number of halogens is 4. The quantitative estimate of drug-likeness (QED) is 0.0820. The van der Waals surface area contributed by atoms with E-state index >= 15 is 4.79 Å². The van der Waals surface area contributed by atoms with E-state index in [0.29, 0.717) is 9.47 Å². The number of aromatic nitrogens is 2. The molecule has 1 amide bonds. The number of carbonyl (C=O) groups is 1. The van der Waals surface area contributed by atoms with Crippen molar-refractivity contribution in [2.45, 2.75) is 70.1 Å². The molecule has 0 fully saturated rings. The van der Waals surface area contributed by atoms with Gasteiger partial charge in [-0.2, -0.15) is 18.2 Å². The molecule has 254 valence electrons. The van der Waals surface area contributed by atoms with Crippen molar-refractivity contribution in [3.8, 4) is 11.1 Å². The van der Waals surface area contributed by atoms with Gasteiger partial charge in [0.25, 0.3) is 5.56 Å². The molecule has 1 aliphatic rings. The first kappa shape index (κ1) is 17.1.